The van der Waals surface area contributed by atoms with E-state index >= 15 is 0 Å². The number of carbonyl (C=O) groups excluding carboxylic acids is 1. The highest BCUT2D eigenvalue weighted by Crippen LogP contribution is 2.27. The van der Waals surface area contributed by atoms with Gasteiger partial charge in [-0.1, -0.05) is 35.3 Å². The Bertz CT molecular complexity index is 643. The molecule has 2 aromatic carbocycles. The van der Waals surface area contributed by atoms with Crippen LogP contribution in [-0.4, -0.2) is 5.78 Å². The standard InChI is InChI=1S/C14H8BrCl2FO/c15-10-3-1-2-9(14(10)17)13(19)7-8-4-5-11(16)12(18)6-8/h1-6H,7H2. The first-order valence-electron chi connectivity index (χ1n) is 5.40. The summed E-state index contributed by atoms with van der Waals surface area (Å²) in [6.07, 6.45) is 0.0737. The molecule has 0 bridgehead atoms. The van der Waals surface area contributed by atoms with E-state index in [-0.39, 0.29) is 17.2 Å². The zero-order valence-corrected chi connectivity index (χ0v) is 12.7. The van der Waals surface area contributed by atoms with E-state index in [2.05, 4.69) is 15.9 Å². The summed E-state index contributed by atoms with van der Waals surface area (Å²) in [6.45, 7) is 0. The predicted molar refractivity (Wildman–Crippen MR) is 78.6 cm³/mol. The minimum Gasteiger partial charge on any atom is -0.294 e. The molecule has 2 aromatic rings. The smallest absolute Gasteiger partial charge is 0.168 e. The monoisotopic (exact) mass is 360 g/mol. The molecule has 0 aliphatic rings. The Morgan fingerprint density at radius 2 is 1.95 bits per heavy atom. The summed E-state index contributed by atoms with van der Waals surface area (Å²) in [4.78, 5) is 12.1. The van der Waals surface area contributed by atoms with E-state index in [0.717, 1.165) is 0 Å². The van der Waals surface area contributed by atoms with Crippen molar-refractivity contribution < 1.29 is 9.18 Å². The lowest BCUT2D eigenvalue weighted by Gasteiger charge is -2.06. The highest BCUT2D eigenvalue weighted by Gasteiger charge is 2.13. The lowest BCUT2D eigenvalue weighted by molar-refractivity contribution is 0.0993. The fourth-order valence-electron chi connectivity index (χ4n) is 1.65. The van der Waals surface area contributed by atoms with E-state index in [0.29, 0.717) is 20.6 Å². The summed E-state index contributed by atoms with van der Waals surface area (Å²) in [5, 5.41) is 0.402. The summed E-state index contributed by atoms with van der Waals surface area (Å²) in [6, 6.07) is 9.43. The number of carbonyl (C=O) groups is 1. The molecule has 0 fully saturated rings. The first-order valence-corrected chi connectivity index (χ1v) is 6.95. The van der Waals surface area contributed by atoms with Crippen LogP contribution in [0.15, 0.2) is 40.9 Å². The molecule has 0 aliphatic heterocycles. The zero-order chi connectivity index (χ0) is 14.0. The van der Waals surface area contributed by atoms with Crippen LogP contribution in [0.3, 0.4) is 0 Å². The van der Waals surface area contributed by atoms with Gasteiger partial charge < -0.3 is 0 Å². The lowest BCUT2D eigenvalue weighted by Crippen LogP contribution is -2.05. The summed E-state index contributed by atoms with van der Waals surface area (Å²) in [5.74, 6) is -0.708. The maximum atomic E-state index is 13.3. The summed E-state index contributed by atoms with van der Waals surface area (Å²) in [7, 11) is 0. The second kappa shape index (κ2) is 6.04. The van der Waals surface area contributed by atoms with Crippen molar-refractivity contribution in [3.05, 3.63) is 67.9 Å². The minimum absolute atomic E-state index is 0.0386. The van der Waals surface area contributed by atoms with E-state index in [4.69, 9.17) is 23.2 Å². The van der Waals surface area contributed by atoms with Crippen molar-refractivity contribution in [1.29, 1.82) is 0 Å². The zero-order valence-electron chi connectivity index (χ0n) is 9.59. The SMILES string of the molecule is O=C(Cc1ccc(Cl)c(F)c1)c1cccc(Br)c1Cl. The van der Waals surface area contributed by atoms with Crippen LogP contribution in [0.4, 0.5) is 4.39 Å². The van der Waals surface area contributed by atoms with Crippen molar-refractivity contribution >= 4 is 44.9 Å². The molecule has 98 valence electrons. The minimum atomic E-state index is -0.535. The van der Waals surface area contributed by atoms with Crippen molar-refractivity contribution in [2.24, 2.45) is 0 Å². The average Bonchev–Trinajstić information content (AvgIpc) is 2.37. The van der Waals surface area contributed by atoms with E-state index in [1.807, 2.05) is 0 Å². The Balaban J connectivity index is 2.26. The lowest BCUT2D eigenvalue weighted by atomic mass is 10.0. The van der Waals surface area contributed by atoms with Crippen LogP contribution in [0.25, 0.3) is 0 Å². The highest BCUT2D eigenvalue weighted by molar-refractivity contribution is 9.10. The Hall–Kier alpha value is -0.900. The van der Waals surface area contributed by atoms with Crippen molar-refractivity contribution in [2.75, 3.05) is 0 Å². The molecule has 0 aromatic heterocycles. The van der Waals surface area contributed by atoms with Gasteiger partial charge in [0.15, 0.2) is 5.78 Å². The Labute approximate surface area is 128 Å². The van der Waals surface area contributed by atoms with Crippen molar-refractivity contribution in [3.8, 4) is 0 Å². The Kier molecular flexibility index (Phi) is 4.61. The predicted octanol–water partition coefficient (Wildman–Crippen LogP) is 5.32. The van der Waals surface area contributed by atoms with Gasteiger partial charge in [0.25, 0.3) is 0 Å². The fourth-order valence-corrected chi connectivity index (χ4v) is 2.36. The van der Waals surface area contributed by atoms with Crippen LogP contribution in [0.5, 0.6) is 0 Å². The van der Waals surface area contributed by atoms with Gasteiger partial charge in [0.1, 0.15) is 5.82 Å². The van der Waals surface area contributed by atoms with Crippen LogP contribution < -0.4 is 0 Å². The van der Waals surface area contributed by atoms with Gasteiger partial charge in [0.05, 0.1) is 10.0 Å². The quantitative estimate of drug-likeness (QED) is 0.676. The second-order valence-electron chi connectivity index (χ2n) is 3.95. The van der Waals surface area contributed by atoms with Crippen LogP contribution >= 0.6 is 39.1 Å². The fraction of sp³-hybridized carbons (Fsp3) is 0.0714. The van der Waals surface area contributed by atoms with Gasteiger partial charge in [0.2, 0.25) is 0 Å². The van der Waals surface area contributed by atoms with E-state index in [1.54, 1.807) is 24.3 Å². The average molecular weight is 362 g/mol. The Morgan fingerprint density at radius 3 is 2.63 bits per heavy atom. The third-order valence-electron chi connectivity index (χ3n) is 2.60. The number of rotatable bonds is 3. The normalized spacial score (nSPS) is 10.5. The molecule has 0 radical (unpaired) electrons. The molecule has 0 saturated carbocycles. The van der Waals surface area contributed by atoms with Crippen LogP contribution in [0.2, 0.25) is 10.0 Å². The molecule has 5 heteroatoms. The number of Topliss-reactive ketones (excluding diaryl/α,β-unsaturated/α-hetero) is 1. The van der Waals surface area contributed by atoms with Gasteiger partial charge in [0, 0.05) is 16.5 Å². The largest absolute Gasteiger partial charge is 0.294 e. The second-order valence-corrected chi connectivity index (χ2v) is 5.59. The maximum Gasteiger partial charge on any atom is 0.168 e. The highest BCUT2D eigenvalue weighted by atomic mass is 79.9. The van der Waals surface area contributed by atoms with E-state index in [9.17, 15) is 9.18 Å². The number of halogens is 4. The van der Waals surface area contributed by atoms with Gasteiger partial charge in [-0.2, -0.15) is 0 Å². The molecule has 0 aliphatic carbocycles. The molecule has 0 amide bonds. The molecule has 1 nitrogen and oxygen atoms in total. The first kappa shape index (κ1) is 14.5. The first-order chi connectivity index (χ1) is 8.99. The van der Waals surface area contributed by atoms with Crippen LogP contribution in [0.1, 0.15) is 15.9 Å². The molecule has 0 saturated heterocycles. The Morgan fingerprint density at radius 1 is 1.21 bits per heavy atom. The molecular formula is C14H8BrCl2FO. The van der Waals surface area contributed by atoms with Crippen LogP contribution in [0, 0.1) is 5.82 Å². The van der Waals surface area contributed by atoms with Gasteiger partial charge >= 0.3 is 0 Å². The van der Waals surface area contributed by atoms with Gasteiger partial charge in [-0.15, -0.1) is 0 Å². The van der Waals surface area contributed by atoms with Crippen molar-refractivity contribution in [2.45, 2.75) is 6.42 Å². The van der Waals surface area contributed by atoms with Gasteiger partial charge in [-0.25, -0.2) is 4.39 Å². The molecular weight excluding hydrogens is 354 g/mol. The van der Waals surface area contributed by atoms with Gasteiger partial charge in [-0.3, -0.25) is 4.79 Å². The number of ketones is 1. The van der Waals surface area contributed by atoms with E-state index < -0.39 is 5.82 Å². The molecule has 0 spiro atoms. The van der Waals surface area contributed by atoms with E-state index in [1.165, 1.54) is 12.1 Å². The maximum absolute atomic E-state index is 13.3. The third kappa shape index (κ3) is 3.35. The molecule has 0 unspecified atom stereocenters. The number of hydrogen-bond acceptors (Lipinski definition) is 1. The summed E-state index contributed by atoms with van der Waals surface area (Å²) < 4.78 is 14.0. The topological polar surface area (TPSA) is 17.1 Å². The van der Waals surface area contributed by atoms with Crippen LogP contribution in [-0.2, 0) is 6.42 Å². The van der Waals surface area contributed by atoms with Crippen molar-refractivity contribution in [1.82, 2.24) is 0 Å². The third-order valence-corrected chi connectivity index (χ3v) is 4.20. The summed E-state index contributed by atoms with van der Waals surface area (Å²) >= 11 is 14.9. The molecule has 0 heterocycles. The molecule has 0 N–H and O–H groups in total. The molecule has 2 rings (SSSR count). The number of benzene rings is 2. The van der Waals surface area contributed by atoms with Gasteiger partial charge in [-0.05, 0) is 45.8 Å². The summed E-state index contributed by atoms with van der Waals surface area (Å²) in [5.41, 5.74) is 0.967. The molecule has 19 heavy (non-hydrogen) atoms. The number of hydrogen-bond donors (Lipinski definition) is 0. The van der Waals surface area contributed by atoms with Crippen molar-refractivity contribution in [3.63, 3.8) is 0 Å². The molecule has 0 atom stereocenters.